The molecule has 1 N–H and O–H groups in total. The van der Waals surface area contributed by atoms with Crippen molar-refractivity contribution in [2.24, 2.45) is 0 Å². The number of nitrogens with zero attached hydrogens (tertiary/aromatic N) is 3. The lowest BCUT2D eigenvalue weighted by molar-refractivity contribution is 0.311. The van der Waals surface area contributed by atoms with E-state index in [-0.39, 0.29) is 12.4 Å². The molecule has 3 aromatic rings. The Kier molecular flexibility index (Phi) is 5.81. The molecule has 0 amide bonds. The first kappa shape index (κ1) is 21.8. The van der Waals surface area contributed by atoms with Crippen molar-refractivity contribution >= 4 is 44.7 Å². The molecule has 0 aliphatic carbocycles. The number of nitrogens with one attached hydrogen (secondary N) is 1. The third kappa shape index (κ3) is 3.73. The Morgan fingerprint density at radius 3 is 2.48 bits per heavy atom. The topological polar surface area (TPSA) is 68.9 Å². The summed E-state index contributed by atoms with van der Waals surface area (Å²) in [7, 11) is 0.0556. The third-order valence-electron chi connectivity index (χ3n) is 6.19. The van der Waals surface area contributed by atoms with Gasteiger partial charge in [-0.15, -0.1) is 12.4 Å². The summed E-state index contributed by atoms with van der Waals surface area (Å²) in [5, 5.41) is 1.02. The van der Waals surface area contributed by atoms with E-state index < -0.39 is 10.0 Å². The first-order valence-corrected chi connectivity index (χ1v) is 11.7. The first-order chi connectivity index (χ1) is 14.5. The van der Waals surface area contributed by atoms with Gasteiger partial charge in [-0.1, -0.05) is 0 Å². The van der Waals surface area contributed by atoms with E-state index in [9.17, 15) is 8.42 Å². The molecule has 166 valence electrons. The number of ether oxygens (including phenoxy) is 1. The van der Waals surface area contributed by atoms with Crippen LogP contribution in [0.4, 0.5) is 11.4 Å². The minimum absolute atomic E-state index is 0. The number of H-pyrrole nitrogens is 1. The molecule has 2 aliphatic rings. The number of benzene rings is 2. The highest BCUT2D eigenvalue weighted by molar-refractivity contribution is 7.92. The molecule has 1 aromatic heterocycles. The fourth-order valence-electron chi connectivity index (χ4n) is 4.41. The van der Waals surface area contributed by atoms with Crippen LogP contribution >= 0.6 is 12.4 Å². The predicted molar refractivity (Wildman–Crippen MR) is 126 cm³/mol. The third-order valence-corrected chi connectivity index (χ3v) is 8.00. The fraction of sp³-hybridized carbons (Fsp3) is 0.364. The number of hydrogen-bond donors (Lipinski definition) is 1. The molecule has 2 aliphatic heterocycles. The van der Waals surface area contributed by atoms with E-state index in [0.717, 1.165) is 54.0 Å². The predicted octanol–water partition coefficient (Wildman–Crippen LogP) is 3.10. The Morgan fingerprint density at radius 1 is 0.968 bits per heavy atom. The number of halogens is 1. The quantitative estimate of drug-likeness (QED) is 0.645. The van der Waals surface area contributed by atoms with Crippen LogP contribution < -0.4 is 13.9 Å². The molecule has 1 saturated heterocycles. The molecule has 7 nitrogen and oxygen atoms in total. The maximum absolute atomic E-state index is 13.6. The van der Waals surface area contributed by atoms with Crippen LogP contribution in [0.5, 0.6) is 5.75 Å². The highest BCUT2D eigenvalue weighted by atomic mass is 35.5. The minimum Gasteiger partial charge on any atom is -0.495 e. The van der Waals surface area contributed by atoms with Crippen LogP contribution in [0.3, 0.4) is 0 Å². The molecule has 2 aromatic carbocycles. The Hall–Kier alpha value is -2.42. The van der Waals surface area contributed by atoms with E-state index >= 15 is 0 Å². The maximum atomic E-state index is 13.6. The second-order valence-electron chi connectivity index (χ2n) is 8.00. The number of anilines is 2. The van der Waals surface area contributed by atoms with E-state index in [1.54, 1.807) is 29.6 Å². The molecule has 0 spiro atoms. The normalized spacial score (nSPS) is 17.0. The van der Waals surface area contributed by atoms with Gasteiger partial charge >= 0.3 is 0 Å². The van der Waals surface area contributed by atoms with Gasteiger partial charge in [0.1, 0.15) is 5.75 Å². The zero-order valence-corrected chi connectivity index (χ0v) is 19.3. The molecule has 1 fully saturated rings. The summed E-state index contributed by atoms with van der Waals surface area (Å²) in [4.78, 5) is 7.99. The van der Waals surface area contributed by atoms with Crippen LogP contribution in [0.15, 0.2) is 47.5 Å². The van der Waals surface area contributed by atoms with Gasteiger partial charge in [0.2, 0.25) is 0 Å². The molecule has 0 saturated carbocycles. The van der Waals surface area contributed by atoms with Crippen LogP contribution in [0.25, 0.3) is 10.9 Å². The van der Waals surface area contributed by atoms with Gasteiger partial charge in [-0.25, -0.2) is 8.42 Å². The Morgan fingerprint density at radius 2 is 1.74 bits per heavy atom. The van der Waals surface area contributed by atoms with Gasteiger partial charge in [0, 0.05) is 49.8 Å². The van der Waals surface area contributed by atoms with Crippen molar-refractivity contribution < 1.29 is 13.2 Å². The molecule has 9 heteroatoms. The van der Waals surface area contributed by atoms with E-state index in [0.29, 0.717) is 23.6 Å². The highest BCUT2D eigenvalue weighted by Gasteiger charge is 2.32. The molecule has 5 rings (SSSR count). The zero-order chi connectivity index (χ0) is 20.9. The van der Waals surface area contributed by atoms with Crippen LogP contribution in [0, 0.1) is 0 Å². The number of hydrogen-bond acceptors (Lipinski definition) is 5. The lowest BCUT2D eigenvalue weighted by Crippen LogP contribution is -2.44. The molecule has 0 bridgehead atoms. The van der Waals surface area contributed by atoms with E-state index in [1.165, 1.54) is 0 Å². The molecule has 0 atom stereocenters. The summed E-state index contributed by atoms with van der Waals surface area (Å²) in [5.41, 5.74) is 3.71. The van der Waals surface area contributed by atoms with Gasteiger partial charge in [-0.2, -0.15) is 0 Å². The summed E-state index contributed by atoms with van der Waals surface area (Å²) in [6, 6.07) is 11.2. The largest absolute Gasteiger partial charge is 0.495 e. The molecule has 0 radical (unpaired) electrons. The Balaban J connectivity index is 0.00000231. The monoisotopic (exact) mass is 462 g/mol. The van der Waals surface area contributed by atoms with Crippen molar-refractivity contribution in [1.29, 1.82) is 0 Å². The standard InChI is InChI=1S/C22H26N4O3S.ClH/c1-24-9-11-25(12-10-24)21-15-18(3-4-22(21)29-2)30(27,28)26-8-6-17-13-19-16(5-7-23-19)14-20(17)26;/h3-5,7,13-15,23H,6,8-12H2,1-2H3;1H. The van der Waals surface area contributed by atoms with Gasteiger partial charge in [0.15, 0.2) is 0 Å². The van der Waals surface area contributed by atoms with Crippen LogP contribution in [0.2, 0.25) is 0 Å². The lowest BCUT2D eigenvalue weighted by atomic mass is 10.1. The number of methoxy groups -OCH3 is 1. The number of aromatic amines is 1. The van der Waals surface area contributed by atoms with Gasteiger partial charge in [-0.3, -0.25) is 4.31 Å². The summed E-state index contributed by atoms with van der Waals surface area (Å²) < 4.78 is 34.3. The fourth-order valence-corrected chi connectivity index (χ4v) is 5.93. The molecular weight excluding hydrogens is 436 g/mol. The number of sulfonamides is 1. The van der Waals surface area contributed by atoms with Crippen molar-refractivity contribution in [2.45, 2.75) is 11.3 Å². The molecule has 3 heterocycles. The Bertz CT molecular complexity index is 1200. The van der Waals surface area contributed by atoms with E-state index in [2.05, 4.69) is 27.9 Å². The maximum Gasteiger partial charge on any atom is 0.264 e. The lowest BCUT2D eigenvalue weighted by Gasteiger charge is -2.35. The van der Waals surface area contributed by atoms with E-state index in [1.807, 2.05) is 18.3 Å². The number of likely N-dealkylation sites (N-methyl/N-ethyl adjacent to an activating group) is 1. The smallest absolute Gasteiger partial charge is 0.264 e. The van der Waals surface area contributed by atoms with Gasteiger partial charge in [-0.05, 0) is 55.4 Å². The molecule has 31 heavy (non-hydrogen) atoms. The average Bonchev–Trinajstić information content (AvgIpc) is 3.38. The number of fused-ring (bicyclic) bond motifs is 2. The average molecular weight is 463 g/mol. The van der Waals surface area contributed by atoms with Crippen LogP contribution in [-0.2, 0) is 16.4 Å². The van der Waals surface area contributed by atoms with Crippen molar-refractivity contribution in [3.63, 3.8) is 0 Å². The minimum atomic E-state index is -3.67. The van der Waals surface area contributed by atoms with E-state index in [4.69, 9.17) is 4.74 Å². The number of aromatic nitrogens is 1. The van der Waals surface area contributed by atoms with Crippen molar-refractivity contribution in [2.75, 3.05) is 56.1 Å². The SMILES string of the molecule is COc1ccc(S(=O)(=O)N2CCc3cc4[nH]ccc4cc32)cc1N1CCN(C)CC1.Cl. The van der Waals surface area contributed by atoms with Gasteiger partial charge < -0.3 is 19.5 Å². The van der Waals surface area contributed by atoms with Gasteiger partial charge in [0.25, 0.3) is 10.0 Å². The number of rotatable bonds is 4. The van der Waals surface area contributed by atoms with Crippen molar-refractivity contribution in [3.05, 3.63) is 48.2 Å². The zero-order valence-electron chi connectivity index (χ0n) is 17.7. The second-order valence-corrected chi connectivity index (χ2v) is 9.86. The number of piperazine rings is 1. The van der Waals surface area contributed by atoms with Crippen LogP contribution in [-0.4, -0.2) is 65.2 Å². The van der Waals surface area contributed by atoms with Crippen molar-refractivity contribution in [1.82, 2.24) is 9.88 Å². The molecule has 0 unspecified atom stereocenters. The molecular formula is C22H27ClN4O3S. The summed E-state index contributed by atoms with van der Waals surface area (Å²) >= 11 is 0. The van der Waals surface area contributed by atoms with Crippen molar-refractivity contribution in [3.8, 4) is 5.75 Å². The summed E-state index contributed by atoms with van der Waals surface area (Å²) in [5.74, 6) is 0.703. The first-order valence-electron chi connectivity index (χ1n) is 10.2. The Labute approximate surface area is 189 Å². The summed E-state index contributed by atoms with van der Waals surface area (Å²) in [6.07, 6.45) is 2.59. The summed E-state index contributed by atoms with van der Waals surface area (Å²) in [6.45, 7) is 4.02. The highest BCUT2D eigenvalue weighted by Crippen LogP contribution is 2.38. The van der Waals surface area contributed by atoms with Gasteiger partial charge in [0.05, 0.1) is 23.4 Å². The second kappa shape index (κ2) is 8.26. The van der Waals surface area contributed by atoms with Crippen LogP contribution in [0.1, 0.15) is 5.56 Å².